The van der Waals surface area contributed by atoms with Gasteiger partial charge in [-0.05, 0) is 48.9 Å². The molecule has 1 saturated heterocycles. The maximum Gasteiger partial charge on any atom is 0.300 e. The molecule has 1 aliphatic rings. The third-order valence-electron chi connectivity index (χ3n) is 4.89. The molecule has 0 aliphatic carbocycles. The Bertz CT molecular complexity index is 1180. The fourth-order valence-corrected chi connectivity index (χ4v) is 3.49. The summed E-state index contributed by atoms with van der Waals surface area (Å²) in [5, 5.41) is 21.8. The molecular formula is C22H16N2O6. The van der Waals surface area contributed by atoms with Crippen molar-refractivity contribution < 1.29 is 24.0 Å². The molecule has 1 atom stereocenters. The van der Waals surface area contributed by atoms with Crippen LogP contribution in [-0.4, -0.2) is 21.7 Å². The Morgan fingerprint density at radius 3 is 2.43 bits per heavy atom. The summed E-state index contributed by atoms with van der Waals surface area (Å²) < 4.78 is 5.48. The number of anilines is 1. The van der Waals surface area contributed by atoms with Crippen LogP contribution in [0, 0.1) is 17.0 Å². The maximum absolute atomic E-state index is 12.9. The fraction of sp³-hybridized carbons (Fsp3) is 0.0909. The number of furan rings is 1. The molecular weight excluding hydrogens is 388 g/mol. The van der Waals surface area contributed by atoms with E-state index in [-0.39, 0.29) is 16.8 Å². The number of nitrogens with zero attached hydrogens (tertiary/aromatic N) is 2. The highest BCUT2D eigenvalue weighted by Gasteiger charge is 2.48. The number of hydrogen-bond acceptors (Lipinski definition) is 6. The number of Topliss-reactive ketones (excluding diaryl/α,β-unsaturated/α-hetero) is 1. The molecule has 2 aromatic carbocycles. The Hall–Kier alpha value is -4.20. The number of carbonyl (C=O) groups is 2. The van der Waals surface area contributed by atoms with Gasteiger partial charge in [-0.2, -0.15) is 0 Å². The van der Waals surface area contributed by atoms with Gasteiger partial charge in [0, 0.05) is 23.4 Å². The van der Waals surface area contributed by atoms with E-state index in [1.165, 1.54) is 35.4 Å². The molecule has 1 unspecified atom stereocenters. The van der Waals surface area contributed by atoms with Crippen molar-refractivity contribution in [1.82, 2.24) is 0 Å². The van der Waals surface area contributed by atoms with Crippen molar-refractivity contribution in [2.75, 3.05) is 4.90 Å². The van der Waals surface area contributed by atoms with Crippen molar-refractivity contribution in [3.63, 3.8) is 0 Å². The van der Waals surface area contributed by atoms with Crippen molar-refractivity contribution in [1.29, 1.82) is 0 Å². The number of non-ortho nitro benzene ring substituents is 1. The lowest BCUT2D eigenvalue weighted by atomic mass is 9.99. The summed E-state index contributed by atoms with van der Waals surface area (Å²) in [5.74, 6) is -1.79. The molecule has 30 heavy (non-hydrogen) atoms. The molecule has 3 aromatic rings. The van der Waals surface area contributed by atoms with Crippen molar-refractivity contribution in [2.24, 2.45) is 0 Å². The van der Waals surface area contributed by atoms with Crippen LogP contribution >= 0.6 is 0 Å². The van der Waals surface area contributed by atoms with E-state index >= 15 is 0 Å². The predicted octanol–water partition coefficient (Wildman–Crippen LogP) is 4.12. The van der Waals surface area contributed by atoms with Crippen molar-refractivity contribution >= 4 is 28.8 Å². The summed E-state index contributed by atoms with van der Waals surface area (Å²) in [6.45, 7) is 1.86. The van der Waals surface area contributed by atoms with Crippen molar-refractivity contribution in [3.8, 4) is 0 Å². The average Bonchev–Trinajstić information content (AvgIpc) is 3.35. The van der Waals surface area contributed by atoms with E-state index in [0.717, 1.165) is 5.56 Å². The molecule has 0 spiro atoms. The second kappa shape index (κ2) is 7.32. The molecule has 4 rings (SSSR count). The number of rotatable bonds is 4. The number of nitro benzene ring substituents is 1. The molecule has 150 valence electrons. The third-order valence-corrected chi connectivity index (χ3v) is 4.89. The zero-order valence-corrected chi connectivity index (χ0v) is 15.8. The minimum atomic E-state index is -0.975. The van der Waals surface area contributed by atoms with Crippen molar-refractivity contribution in [2.45, 2.75) is 13.0 Å². The van der Waals surface area contributed by atoms with Gasteiger partial charge in [0.05, 0.1) is 16.8 Å². The van der Waals surface area contributed by atoms with Gasteiger partial charge in [0.2, 0.25) is 0 Å². The highest BCUT2D eigenvalue weighted by molar-refractivity contribution is 6.51. The van der Waals surface area contributed by atoms with E-state index in [1.54, 1.807) is 30.3 Å². The van der Waals surface area contributed by atoms with Crippen LogP contribution in [0.5, 0.6) is 0 Å². The van der Waals surface area contributed by atoms with E-state index < -0.39 is 28.4 Å². The second-order valence-electron chi connectivity index (χ2n) is 6.83. The highest BCUT2D eigenvalue weighted by Crippen LogP contribution is 2.42. The molecule has 0 saturated carbocycles. The SMILES string of the molecule is Cc1cccc(N2C(=O)C(=O)/C(=C(\O)c3ccc([N+](=O)[O-])cc3)C2c2ccco2)c1. The Morgan fingerprint density at radius 1 is 1.10 bits per heavy atom. The van der Waals surface area contributed by atoms with Gasteiger partial charge in [-0.1, -0.05) is 12.1 Å². The summed E-state index contributed by atoms with van der Waals surface area (Å²) in [5.41, 5.74) is 1.25. The van der Waals surface area contributed by atoms with Crippen LogP contribution in [0.1, 0.15) is 22.9 Å². The highest BCUT2D eigenvalue weighted by atomic mass is 16.6. The number of amides is 1. The molecule has 8 nitrogen and oxygen atoms in total. The standard InChI is InChI=1S/C22H16N2O6/c1-13-4-2-5-16(12-13)23-19(17-6-3-11-30-17)18(21(26)22(23)27)20(25)14-7-9-15(10-8-14)24(28)29/h2-12,19,25H,1H3/b20-18-. The number of carbonyl (C=O) groups excluding carboxylic acids is 2. The van der Waals surface area contributed by atoms with Crippen LogP contribution in [0.25, 0.3) is 5.76 Å². The minimum absolute atomic E-state index is 0.148. The Labute approximate surface area is 170 Å². The van der Waals surface area contributed by atoms with Crippen LogP contribution in [0.15, 0.2) is 76.9 Å². The monoisotopic (exact) mass is 404 g/mol. The number of ketones is 1. The van der Waals surface area contributed by atoms with E-state index in [9.17, 15) is 24.8 Å². The Morgan fingerprint density at radius 2 is 1.83 bits per heavy atom. The van der Waals surface area contributed by atoms with Crippen LogP contribution in [-0.2, 0) is 9.59 Å². The van der Waals surface area contributed by atoms with E-state index in [4.69, 9.17) is 4.42 Å². The van der Waals surface area contributed by atoms with Gasteiger partial charge in [0.25, 0.3) is 17.4 Å². The zero-order valence-electron chi connectivity index (χ0n) is 15.8. The first kappa shape index (κ1) is 19.1. The molecule has 1 fully saturated rings. The maximum atomic E-state index is 12.9. The second-order valence-corrected chi connectivity index (χ2v) is 6.83. The summed E-state index contributed by atoms with van der Waals surface area (Å²) in [7, 11) is 0. The van der Waals surface area contributed by atoms with Gasteiger partial charge in [-0.25, -0.2) is 0 Å². The Kier molecular flexibility index (Phi) is 4.67. The molecule has 0 bridgehead atoms. The van der Waals surface area contributed by atoms with Gasteiger partial charge in [0.1, 0.15) is 17.6 Å². The Balaban J connectivity index is 1.89. The number of hydrogen-bond donors (Lipinski definition) is 1. The number of benzene rings is 2. The quantitative estimate of drug-likeness (QED) is 0.230. The first-order chi connectivity index (χ1) is 14.4. The molecule has 1 aliphatic heterocycles. The van der Waals surface area contributed by atoms with Gasteiger partial charge in [-0.3, -0.25) is 24.6 Å². The molecule has 1 amide bonds. The summed E-state index contributed by atoms with van der Waals surface area (Å²) in [6, 6.07) is 14.4. The van der Waals surface area contributed by atoms with Crippen LogP contribution in [0.2, 0.25) is 0 Å². The average molecular weight is 404 g/mol. The zero-order chi connectivity index (χ0) is 21.4. The molecule has 0 radical (unpaired) electrons. The summed E-state index contributed by atoms with van der Waals surface area (Å²) in [4.78, 5) is 37.4. The molecule has 2 heterocycles. The number of aryl methyl sites for hydroxylation is 1. The van der Waals surface area contributed by atoms with Gasteiger partial charge < -0.3 is 9.52 Å². The molecule has 1 aromatic heterocycles. The van der Waals surface area contributed by atoms with Gasteiger partial charge >= 0.3 is 0 Å². The van der Waals surface area contributed by atoms with Crippen LogP contribution in [0.4, 0.5) is 11.4 Å². The predicted molar refractivity (Wildman–Crippen MR) is 108 cm³/mol. The summed E-state index contributed by atoms with van der Waals surface area (Å²) >= 11 is 0. The largest absolute Gasteiger partial charge is 0.507 e. The number of aliphatic hydroxyl groups excluding tert-OH is 1. The van der Waals surface area contributed by atoms with E-state index in [0.29, 0.717) is 11.4 Å². The third kappa shape index (κ3) is 3.14. The van der Waals surface area contributed by atoms with Gasteiger partial charge in [-0.15, -0.1) is 0 Å². The van der Waals surface area contributed by atoms with Crippen LogP contribution in [0.3, 0.4) is 0 Å². The first-order valence-corrected chi connectivity index (χ1v) is 9.04. The topological polar surface area (TPSA) is 114 Å². The lowest BCUT2D eigenvalue weighted by Crippen LogP contribution is -2.29. The normalized spacial score (nSPS) is 18.0. The van der Waals surface area contributed by atoms with Crippen LogP contribution < -0.4 is 4.90 Å². The molecule has 1 N–H and O–H groups in total. The number of nitro groups is 1. The van der Waals surface area contributed by atoms with E-state index in [1.807, 2.05) is 13.0 Å². The van der Waals surface area contributed by atoms with Crippen molar-refractivity contribution in [3.05, 3.63) is 99.5 Å². The smallest absolute Gasteiger partial charge is 0.300 e. The summed E-state index contributed by atoms with van der Waals surface area (Å²) in [6.07, 6.45) is 1.41. The number of aliphatic hydroxyl groups is 1. The minimum Gasteiger partial charge on any atom is -0.507 e. The fourth-order valence-electron chi connectivity index (χ4n) is 3.49. The van der Waals surface area contributed by atoms with E-state index in [2.05, 4.69) is 0 Å². The first-order valence-electron chi connectivity index (χ1n) is 9.04. The molecule has 8 heteroatoms. The lowest BCUT2D eigenvalue weighted by Gasteiger charge is -2.23. The lowest BCUT2D eigenvalue weighted by molar-refractivity contribution is -0.384. The van der Waals surface area contributed by atoms with Gasteiger partial charge in [0.15, 0.2) is 0 Å².